The van der Waals surface area contributed by atoms with Gasteiger partial charge in [-0.2, -0.15) is 0 Å². The molecule has 0 spiro atoms. The minimum Gasteiger partial charge on any atom is -0.382 e. The van der Waals surface area contributed by atoms with E-state index in [0.717, 1.165) is 14.6 Å². The van der Waals surface area contributed by atoms with E-state index >= 15 is 0 Å². The van der Waals surface area contributed by atoms with Crippen LogP contribution in [0.3, 0.4) is 0 Å². The summed E-state index contributed by atoms with van der Waals surface area (Å²) in [6.45, 7) is 2.47. The van der Waals surface area contributed by atoms with Crippen molar-refractivity contribution in [2.75, 3.05) is 19.0 Å². The van der Waals surface area contributed by atoms with Gasteiger partial charge in [0.1, 0.15) is 0 Å². The highest BCUT2D eigenvalue weighted by Gasteiger charge is 2.08. The SMILES string of the molecule is COCC(C)N=C(NN)Nc1c(Br)cccc1Br. The number of halogens is 2. The number of hydrogen-bond acceptors (Lipinski definition) is 3. The molecule has 100 valence electrons. The molecule has 4 N–H and O–H groups in total. The van der Waals surface area contributed by atoms with E-state index in [9.17, 15) is 0 Å². The summed E-state index contributed by atoms with van der Waals surface area (Å²) in [7, 11) is 1.64. The molecule has 18 heavy (non-hydrogen) atoms. The standard InChI is InChI=1S/C11H16Br2N4O/c1-7(6-18-2)15-11(17-14)16-10-8(12)4-3-5-9(10)13/h3-5,7H,6,14H2,1-2H3,(H2,15,16,17). The van der Waals surface area contributed by atoms with Crippen molar-refractivity contribution < 1.29 is 4.74 Å². The second-order valence-electron chi connectivity index (χ2n) is 3.65. The van der Waals surface area contributed by atoms with E-state index in [2.05, 4.69) is 47.6 Å². The molecule has 0 amide bonds. The van der Waals surface area contributed by atoms with E-state index in [1.807, 2.05) is 25.1 Å². The van der Waals surface area contributed by atoms with Crippen LogP contribution in [0.25, 0.3) is 0 Å². The van der Waals surface area contributed by atoms with Gasteiger partial charge in [-0.3, -0.25) is 5.43 Å². The molecule has 0 radical (unpaired) electrons. The van der Waals surface area contributed by atoms with Crippen molar-refractivity contribution in [3.8, 4) is 0 Å². The number of para-hydroxylation sites is 1. The van der Waals surface area contributed by atoms with Crippen LogP contribution >= 0.6 is 31.9 Å². The highest BCUT2D eigenvalue weighted by molar-refractivity contribution is 9.11. The number of nitrogens with one attached hydrogen (secondary N) is 2. The Labute approximate surface area is 123 Å². The lowest BCUT2D eigenvalue weighted by atomic mass is 10.3. The summed E-state index contributed by atoms with van der Waals surface area (Å²) < 4.78 is 6.86. The number of hydrazine groups is 1. The van der Waals surface area contributed by atoms with E-state index in [1.54, 1.807) is 7.11 Å². The molecule has 1 atom stereocenters. The van der Waals surface area contributed by atoms with Crippen LogP contribution < -0.4 is 16.6 Å². The van der Waals surface area contributed by atoms with Gasteiger partial charge in [0.2, 0.25) is 5.96 Å². The van der Waals surface area contributed by atoms with E-state index < -0.39 is 0 Å². The largest absolute Gasteiger partial charge is 0.382 e. The predicted molar refractivity (Wildman–Crippen MR) is 81.6 cm³/mol. The average Bonchev–Trinajstić information content (AvgIpc) is 2.33. The van der Waals surface area contributed by atoms with Crippen molar-refractivity contribution in [3.05, 3.63) is 27.1 Å². The zero-order chi connectivity index (χ0) is 13.5. The van der Waals surface area contributed by atoms with Gasteiger partial charge in [-0.1, -0.05) is 6.07 Å². The molecule has 0 fully saturated rings. The van der Waals surface area contributed by atoms with E-state index in [-0.39, 0.29) is 6.04 Å². The van der Waals surface area contributed by atoms with Gasteiger partial charge in [-0.05, 0) is 50.9 Å². The first-order chi connectivity index (χ1) is 8.58. The summed E-state index contributed by atoms with van der Waals surface area (Å²) in [5, 5.41) is 3.12. The summed E-state index contributed by atoms with van der Waals surface area (Å²) in [5.41, 5.74) is 3.40. The van der Waals surface area contributed by atoms with Gasteiger partial charge in [0, 0.05) is 16.1 Å². The third-order valence-corrected chi connectivity index (χ3v) is 3.42. The maximum absolute atomic E-state index is 5.45. The third-order valence-electron chi connectivity index (χ3n) is 2.10. The zero-order valence-corrected chi connectivity index (χ0v) is 13.4. The molecule has 0 bridgehead atoms. The lowest BCUT2D eigenvalue weighted by Gasteiger charge is -2.14. The second kappa shape index (κ2) is 7.73. The fraction of sp³-hybridized carbons (Fsp3) is 0.364. The zero-order valence-electron chi connectivity index (χ0n) is 10.2. The number of rotatable bonds is 4. The Balaban J connectivity index is 2.86. The number of benzene rings is 1. The minimum atomic E-state index is 0.00909. The molecule has 1 rings (SSSR count). The van der Waals surface area contributed by atoms with Gasteiger partial charge < -0.3 is 10.1 Å². The molecular formula is C11H16Br2N4O. The quantitative estimate of drug-likeness (QED) is 0.325. The molecule has 7 heteroatoms. The van der Waals surface area contributed by atoms with Crippen molar-refractivity contribution in [1.29, 1.82) is 0 Å². The Morgan fingerprint density at radius 1 is 1.44 bits per heavy atom. The highest BCUT2D eigenvalue weighted by Crippen LogP contribution is 2.30. The van der Waals surface area contributed by atoms with Crippen molar-refractivity contribution >= 4 is 43.5 Å². The molecule has 1 unspecified atom stereocenters. The monoisotopic (exact) mass is 378 g/mol. The van der Waals surface area contributed by atoms with Crippen LogP contribution in [-0.4, -0.2) is 25.7 Å². The Bertz CT molecular complexity index is 405. The molecule has 1 aromatic rings. The summed E-state index contributed by atoms with van der Waals surface area (Å²) in [6, 6.07) is 5.80. The summed E-state index contributed by atoms with van der Waals surface area (Å²) in [5.74, 6) is 5.93. The molecular weight excluding hydrogens is 364 g/mol. The van der Waals surface area contributed by atoms with Crippen LogP contribution in [0, 0.1) is 0 Å². The van der Waals surface area contributed by atoms with Gasteiger partial charge >= 0.3 is 0 Å². The molecule has 0 saturated carbocycles. The first kappa shape index (κ1) is 15.4. The molecule has 5 nitrogen and oxygen atoms in total. The van der Waals surface area contributed by atoms with Crippen molar-refractivity contribution in [3.63, 3.8) is 0 Å². The van der Waals surface area contributed by atoms with Gasteiger partial charge in [0.15, 0.2) is 0 Å². The summed E-state index contributed by atoms with van der Waals surface area (Å²) >= 11 is 6.92. The smallest absolute Gasteiger partial charge is 0.210 e. The second-order valence-corrected chi connectivity index (χ2v) is 5.36. The van der Waals surface area contributed by atoms with E-state index in [0.29, 0.717) is 12.6 Å². The number of hydrogen-bond donors (Lipinski definition) is 3. The molecule has 0 aliphatic carbocycles. The topological polar surface area (TPSA) is 71.7 Å². The summed E-state index contributed by atoms with van der Waals surface area (Å²) in [6.07, 6.45) is 0. The number of methoxy groups -OCH3 is 1. The van der Waals surface area contributed by atoms with E-state index in [1.165, 1.54) is 0 Å². The van der Waals surface area contributed by atoms with Gasteiger partial charge in [0.05, 0.1) is 18.3 Å². The van der Waals surface area contributed by atoms with Gasteiger partial charge in [0.25, 0.3) is 0 Å². The number of guanidine groups is 1. The number of anilines is 1. The highest BCUT2D eigenvalue weighted by atomic mass is 79.9. The van der Waals surface area contributed by atoms with E-state index in [4.69, 9.17) is 10.6 Å². The Hall–Kier alpha value is -0.630. The first-order valence-electron chi connectivity index (χ1n) is 5.32. The van der Waals surface area contributed by atoms with Crippen molar-refractivity contribution in [2.24, 2.45) is 10.8 Å². The normalized spacial score (nSPS) is 13.3. The fourth-order valence-electron chi connectivity index (χ4n) is 1.34. The number of nitrogens with two attached hydrogens (primary N) is 1. The lowest BCUT2D eigenvalue weighted by molar-refractivity contribution is 0.185. The molecule has 0 aromatic heterocycles. The van der Waals surface area contributed by atoms with Crippen molar-refractivity contribution in [1.82, 2.24) is 5.43 Å². The van der Waals surface area contributed by atoms with Crippen LogP contribution in [0.2, 0.25) is 0 Å². The maximum atomic E-state index is 5.45. The molecule has 0 heterocycles. The Morgan fingerprint density at radius 2 is 2.06 bits per heavy atom. The number of ether oxygens (including phenoxy) is 1. The Morgan fingerprint density at radius 3 is 2.56 bits per heavy atom. The maximum Gasteiger partial charge on any atom is 0.210 e. The van der Waals surface area contributed by atoms with Crippen LogP contribution in [-0.2, 0) is 4.74 Å². The fourth-order valence-corrected chi connectivity index (χ4v) is 2.54. The molecule has 0 aliphatic rings. The Kier molecular flexibility index (Phi) is 6.62. The van der Waals surface area contributed by atoms with Crippen LogP contribution in [0.5, 0.6) is 0 Å². The van der Waals surface area contributed by atoms with Gasteiger partial charge in [-0.15, -0.1) is 0 Å². The third kappa shape index (κ3) is 4.56. The summed E-state index contributed by atoms with van der Waals surface area (Å²) in [4.78, 5) is 4.36. The average molecular weight is 380 g/mol. The molecule has 0 saturated heterocycles. The molecule has 0 aliphatic heterocycles. The lowest BCUT2D eigenvalue weighted by Crippen LogP contribution is -2.37. The predicted octanol–water partition coefficient (Wildman–Crippen LogP) is 2.48. The molecule has 1 aromatic carbocycles. The van der Waals surface area contributed by atoms with Gasteiger partial charge in [-0.25, -0.2) is 10.8 Å². The van der Waals surface area contributed by atoms with Crippen LogP contribution in [0.4, 0.5) is 5.69 Å². The van der Waals surface area contributed by atoms with Crippen LogP contribution in [0.1, 0.15) is 6.92 Å². The number of aliphatic imine (C=N–C) groups is 1. The number of nitrogens with zero attached hydrogens (tertiary/aromatic N) is 1. The minimum absolute atomic E-state index is 0.00909. The first-order valence-corrected chi connectivity index (χ1v) is 6.91. The van der Waals surface area contributed by atoms with Crippen LogP contribution in [0.15, 0.2) is 32.1 Å². The van der Waals surface area contributed by atoms with Crippen molar-refractivity contribution in [2.45, 2.75) is 13.0 Å².